The molecule has 1 N–H and O–H groups in total. The minimum atomic E-state index is -5.10. The van der Waals surface area contributed by atoms with Gasteiger partial charge in [0.05, 0.1) is 12.1 Å². The molecule has 0 spiro atoms. The van der Waals surface area contributed by atoms with Crippen molar-refractivity contribution in [2.24, 2.45) is 5.92 Å². The van der Waals surface area contributed by atoms with E-state index in [4.69, 9.17) is 9.47 Å². The highest BCUT2D eigenvalue weighted by molar-refractivity contribution is 5.96. The molecule has 1 heterocycles. The van der Waals surface area contributed by atoms with Crippen LogP contribution in [0.2, 0.25) is 0 Å². The maximum Gasteiger partial charge on any atom is 0.417 e. The van der Waals surface area contributed by atoms with Crippen molar-refractivity contribution in [3.05, 3.63) is 71.8 Å². The summed E-state index contributed by atoms with van der Waals surface area (Å²) in [4.78, 5) is 38.8. The van der Waals surface area contributed by atoms with Crippen LogP contribution in [-0.2, 0) is 20.7 Å². The number of alkyl halides is 3. The Balaban J connectivity index is 1.98. The van der Waals surface area contributed by atoms with Crippen molar-refractivity contribution >= 4 is 18.1 Å². The van der Waals surface area contributed by atoms with Gasteiger partial charge in [0.2, 0.25) is 5.91 Å². The first kappa shape index (κ1) is 26.1. The van der Waals surface area contributed by atoms with Crippen LogP contribution in [0.3, 0.4) is 0 Å². The van der Waals surface area contributed by atoms with Crippen LogP contribution in [0.4, 0.5) is 22.8 Å². The van der Waals surface area contributed by atoms with Crippen molar-refractivity contribution < 1.29 is 37.0 Å². The Bertz CT molecular complexity index is 1040. The van der Waals surface area contributed by atoms with E-state index in [2.05, 4.69) is 5.32 Å². The molecular formula is C25H27F3N2O5. The number of nitrogens with one attached hydrogen (secondary N) is 1. The highest BCUT2D eigenvalue weighted by Crippen LogP contribution is 2.39. The van der Waals surface area contributed by atoms with Gasteiger partial charge in [0.25, 0.3) is 0 Å². The lowest BCUT2D eigenvalue weighted by atomic mass is 9.90. The third-order valence-corrected chi connectivity index (χ3v) is 5.30. The van der Waals surface area contributed by atoms with Gasteiger partial charge in [-0.1, -0.05) is 60.7 Å². The number of hydrogen-bond acceptors (Lipinski definition) is 5. The molecule has 3 amide bonds. The Labute approximate surface area is 201 Å². The molecule has 0 aliphatic carbocycles. The first-order chi connectivity index (χ1) is 16.4. The molecule has 1 saturated heterocycles. The van der Waals surface area contributed by atoms with Crippen LogP contribution in [0.1, 0.15) is 37.9 Å². The second-order valence-electron chi connectivity index (χ2n) is 9.18. The third kappa shape index (κ3) is 6.74. The van der Waals surface area contributed by atoms with E-state index in [-0.39, 0.29) is 18.6 Å². The van der Waals surface area contributed by atoms with Crippen LogP contribution in [-0.4, -0.2) is 47.4 Å². The standard InChI is InChI=1S/C25H27F3N2O5/c1-24(2,3)35-22(32)29-20(17-12-8-5-9-13-17)19(25(26,27)28)21(31)30-18(15-34-23(30)33)14-16-10-6-4-7-11-16/h4-13,18-20H,14-15H2,1-3H3,(H,29,32)/t18-,19-,20-/m0/s1. The lowest BCUT2D eigenvalue weighted by Gasteiger charge is -2.33. The van der Waals surface area contributed by atoms with Gasteiger partial charge < -0.3 is 14.8 Å². The highest BCUT2D eigenvalue weighted by Gasteiger charge is 2.55. The second kappa shape index (κ2) is 10.4. The van der Waals surface area contributed by atoms with Crippen LogP contribution in [0.5, 0.6) is 0 Å². The predicted molar refractivity (Wildman–Crippen MR) is 120 cm³/mol. The average Bonchev–Trinajstić information content (AvgIpc) is 3.12. The van der Waals surface area contributed by atoms with Crippen molar-refractivity contribution in [1.82, 2.24) is 10.2 Å². The van der Waals surface area contributed by atoms with E-state index in [1.807, 2.05) is 0 Å². The highest BCUT2D eigenvalue weighted by atomic mass is 19.4. The minimum absolute atomic E-state index is 0.0289. The van der Waals surface area contributed by atoms with Gasteiger partial charge in [0, 0.05) is 0 Å². The number of carbonyl (C=O) groups is 3. The lowest BCUT2D eigenvalue weighted by molar-refractivity contribution is -0.193. The number of benzene rings is 2. The SMILES string of the molecule is CC(C)(C)OC(=O)N[C@@H](c1ccccc1)[C@@H](C(=O)N1C(=O)OC[C@@H]1Cc1ccccc1)C(F)(F)F. The number of cyclic esters (lactones) is 1. The average molecular weight is 492 g/mol. The molecule has 0 saturated carbocycles. The molecule has 0 bridgehead atoms. The maximum absolute atomic E-state index is 14.4. The number of carbonyl (C=O) groups excluding carboxylic acids is 3. The summed E-state index contributed by atoms with van der Waals surface area (Å²) in [5.41, 5.74) is -0.229. The van der Waals surface area contributed by atoms with Crippen LogP contribution >= 0.6 is 0 Å². The zero-order chi connectivity index (χ0) is 25.8. The molecule has 7 nitrogen and oxygen atoms in total. The van der Waals surface area contributed by atoms with E-state index in [1.54, 1.807) is 57.2 Å². The van der Waals surface area contributed by atoms with Crippen molar-refractivity contribution in [3.8, 4) is 0 Å². The van der Waals surface area contributed by atoms with Gasteiger partial charge >= 0.3 is 18.4 Å². The molecule has 1 aliphatic rings. The van der Waals surface area contributed by atoms with Gasteiger partial charge in [-0.2, -0.15) is 13.2 Å². The van der Waals surface area contributed by atoms with Crippen LogP contribution < -0.4 is 5.32 Å². The van der Waals surface area contributed by atoms with Crippen molar-refractivity contribution in [2.75, 3.05) is 6.61 Å². The van der Waals surface area contributed by atoms with E-state index < -0.39 is 47.9 Å². The Kier molecular flexibility index (Phi) is 7.72. The molecule has 0 aromatic heterocycles. The van der Waals surface area contributed by atoms with Gasteiger partial charge in [0.1, 0.15) is 12.2 Å². The molecule has 10 heteroatoms. The largest absolute Gasteiger partial charge is 0.447 e. The molecule has 1 fully saturated rings. The van der Waals surface area contributed by atoms with Crippen molar-refractivity contribution in [2.45, 2.75) is 51.1 Å². The lowest BCUT2D eigenvalue weighted by Crippen LogP contribution is -2.52. The Morgan fingerprint density at radius 2 is 1.63 bits per heavy atom. The van der Waals surface area contributed by atoms with Crippen molar-refractivity contribution in [1.29, 1.82) is 0 Å². The second-order valence-corrected chi connectivity index (χ2v) is 9.18. The normalized spacial score (nSPS) is 17.9. The molecule has 1 aliphatic heterocycles. The van der Waals surface area contributed by atoms with E-state index >= 15 is 0 Å². The van der Waals surface area contributed by atoms with Crippen LogP contribution in [0.25, 0.3) is 0 Å². The number of imide groups is 1. The quantitative estimate of drug-likeness (QED) is 0.612. The summed E-state index contributed by atoms with van der Waals surface area (Å²) >= 11 is 0. The van der Waals surface area contributed by atoms with Crippen LogP contribution in [0.15, 0.2) is 60.7 Å². The maximum atomic E-state index is 14.4. The summed E-state index contributed by atoms with van der Waals surface area (Å²) < 4.78 is 53.4. The number of halogens is 3. The summed E-state index contributed by atoms with van der Waals surface area (Å²) in [5, 5.41) is 2.20. The van der Waals surface area contributed by atoms with E-state index in [0.717, 1.165) is 5.56 Å². The fourth-order valence-corrected chi connectivity index (χ4v) is 3.84. The van der Waals surface area contributed by atoms with Gasteiger partial charge in [-0.25, -0.2) is 14.5 Å². The first-order valence-corrected chi connectivity index (χ1v) is 11.0. The summed E-state index contributed by atoms with van der Waals surface area (Å²) in [6, 6.07) is 13.2. The number of ether oxygens (including phenoxy) is 2. The van der Waals surface area contributed by atoms with Gasteiger partial charge in [-0.05, 0) is 38.3 Å². The monoisotopic (exact) mass is 492 g/mol. The summed E-state index contributed by atoms with van der Waals surface area (Å²) in [6.45, 7) is 4.44. The fraction of sp³-hybridized carbons (Fsp3) is 0.400. The van der Waals surface area contributed by atoms with Crippen molar-refractivity contribution in [3.63, 3.8) is 0 Å². The molecule has 0 unspecified atom stereocenters. The Morgan fingerprint density at radius 3 is 2.17 bits per heavy atom. The van der Waals surface area contributed by atoms with E-state index in [9.17, 15) is 27.6 Å². The Morgan fingerprint density at radius 1 is 1.06 bits per heavy atom. The molecular weight excluding hydrogens is 465 g/mol. The van der Waals surface area contributed by atoms with Gasteiger partial charge in [-0.3, -0.25) is 4.79 Å². The predicted octanol–water partition coefficient (Wildman–Crippen LogP) is 5.02. The summed E-state index contributed by atoms with van der Waals surface area (Å²) in [6.07, 6.45) is -7.27. The van der Waals surface area contributed by atoms with Gasteiger partial charge in [0.15, 0.2) is 5.92 Å². The summed E-state index contributed by atoms with van der Waals surface area (Å²) in [5.74, 6) is -4.27. The van der Waals surface area contributed by atoms with Crippen LogP contribution in [0, 0.1) is 5.92 Å². The number of rotatable bonds is 6. The number of alkyl carbamates (subject to hydrolysis) is 1. The molecule has 0 radical (unpaired) electrons. The molecule has 3 rings (SSSR count). The molecule has 2 aromatic rings. The molecule has 35 heavy (non-hydrogen) atoms. The number of amides is 3. The number of nitrogens with zero attached hydrogens (tertiary/aromatic N) is 1. The molecule has 3 atom stereocenters. The topological polar surface area (TPSA) is 84.9 Å². The smallest absolute Gasteiger partial charge is 0.417 e. The Hall–Kier alpha value is -3.56. The summed E-state index contributed by atoms with van der Waals surface area (Å²) in [7, 11) is 0. The zero-order valence-electron chi connectivity index (χ0n) is 19.5. The molecule has 188 valence electrons. The number of hydrogen-bond donors (Lipinski definition) is 1. The minimum Gasteiger partial charge on any atom is -0.447 e. The fourth-order valence-electron chi connectivity index (χ4n) is 3.84. The third-order valence-electron chi connectivity index (χ3n) is 5.30. The molecule has 2 aromatic carbocycles. The zero-order valence-corrected chi connectivity index (χ0v) is 19.5. The first-order valence-electron chi connectivity index (χ1n) is 11.0. The van der Waals surface area contributed by atoms with E-state index in [1.165, 1.54) is 24.3 Å². The van der Waals surface area contributed by atoms with E-state index in [0.29, 0.717) is 4.90 Å². The van der Waals surface area contributed by atoms with Gasteiger partial charge in [-0.15, -0.1) is 0 Å².